The predicted octanol–water partition coefficient (Wildman–Crippen LogP) is 4.39. The zero-order chi connectivity index (χ0) is 18.8. The number of carbonyl (C=O) groups is 1. The van der Waals surface area contributed by atoms with Gasteiger partial charge in [0.25, 0.3) is 0 Å². The Bertz CT molecular complexity index is 1040. The maximum atomic E-state index is 12.7. The molecule has 0 aliphatic carbocycles. The number of aromatic nitrogens is 2. The van der Waals surface area contributed by atoms with E-state index in [1.165, 1.54) is 6.20 Å². The third-order valence-corrected chi connectivity index (χ3v) is 4.74. The first-order valence-corrected chi connectivity index (χ1v) is 8.78. The van der Waals surface area contributed by atoms with Crippen molar-refractivity contribution in [2.45, 2.75) is 27.0 Å². The fourth-order valence-corrected chi connectivity index (χ4v) is 3.14. The van der Waals surface area contributed by atoms with E-state index in [9.17, 15) is 9.59 Å². The number of esters is 1. The quantitative estimate of drug-likeness (QED) is 0.619. The van der Waals surface area contributed by atoms with E-state index < -0.39 is 11.4 Å². The first kappa shape index (κ1) is 18.4. The van der Waals surface area contributed by atoms with Gasteiger partial charge in [0, 0.05) is 34.0 Å². The number of nitrogens with zero attached hydrogens (tertiary/aromatic N) is 2. The molecule has 0 saturated heterocycles. The van der Waals surface area contributed by atoms with Crippen molar-refractivity contribution in [2.75, 3.05) is 0 Å². The SMILES string of the molecule is CCn1cc(C(=O)OCc2c(Cl)cccc2Cl)c(=O)c2ccc(C)nc21. The molecule has 0 N–H and O–H groups in total. The van der Waals surface area contributed by atoms with Crippen LogP contribution in [0.1, 0.15) is 28.5 Å². The highest BCUT2D eigenvalue weighted by Crippen LogP contribution is 2.25. The molecule has 26 heavy (non-hydrogen) atoms. The zero-order valence-electron chi connectivity index (χ0n) is 14.3. The first-order valence-electron chi connectivity index (χ1n) is 8.03. The number of halogens is 2. The minimum Gasteiger partial charge on any atom is -0.457 e. The Labute approximate surface area is 160 Å². The molecular formula is C19H16Cl2N2O3. The Morgan fingerprint density at radius 1 is 1.19 bits per heavy atom. The van der Waals surface area contributed by atoms with Crippen molar-refractivity contribution in [1.82, 2.24) is 9.55 Å². The molecule has 134 valence electrons. The van der Waals surface area contributed by atoms with Crippen molar-refractivity contribution in [2.24, 2.45) is 0 Å². The summed E-state index contributed by atoms with van der Waals surface area (Å²) in [5.74, 6) is -0.726. The number of fused-ring (bicyclic) bond motifs is 1. The maximum Gasteiger partial charge on any atom is 0.344 e. The van der Waals surface area contributed by atoms with E-state index in [4.69, 9.17) is 27.9 Å². The summed E-state index contributed by atoms with van der Waals surface area (Å²) in [5.41, 5.74) is 1.38. The number of hydrogen-bond acceptors (Lipinski definition) is 4. The average molecular weight is 391 g/mol. The predicted molar refractivity (Wildman–Crippen MR) is 102 cm³/mol. The molecule has 5 nitrogen and oxygen atoms in total. The Kier molecular flexibility index (Phi) is 5.30. The molecule has 0 bridgehead atoms. The Morgan fingerprint density at radius 2 is 1.88 bits per heavy atom. The average Bonchev–Trinajstić information content (AvgIpc) is 2.61. The topological polar surface area (TPSA) is 61.2 Å². The molecule has 0 saturated carbocycles. The van der Waals surface area contributed by atoms with Gasteiger partial charge in [-0.2, -0.15) is 0 Å². The second kappa shape index (κ2) is 7.48. The van der Waals surface area contributed by atoms with Gasteiger partial charge in [0.15, 0.2) is 0 Å². The monoisotopic (exact) mass is 390 g/mol. The van der Waals surface area contributed by atoms with E-state index in [-0.39, 0.29) is 12.2 Å². The van der Waals surface area contributed by atoms with Crippen molar-refractivity contribution in [3.63, 3.8) is 0 Å². The molecule has 0 spiro atoms. The fraction of sp³-hybridized carbons (Fsp3) is 0.211. The summed E-state index contributed by atoms with van der Waals surface area (Å²) < 4.78 is 7.04. The second-order valence-corrected chi connectivity index (χ2v) is 6.57. The molecule has 7 heteroatoms. The van der Waals surface area contributed by atoms with Gasteiger partial charge in [-0.15, -0.1) is 0 Å². The second-order valence-electron chi connectivity index (χ2n) is 5.76. The summed E-state index contributed by atoms with van der Waals surface area (Å²) >= 11 is 12.2. The van der Waals surface area contributed by atoms with Crippen LogP contribution in [0.5, 0.6) is 0 Å². The third-order valence-electron chi connectivity index (χ3n) is 4.03. The number of hydrogen-bond donors (Lipinski definition) is 0. The smallest absolute Gasteiger partial charge is 0.344 e. The highest BCUT2D eigenvalue weighted by molar-refractivity contribution is 6.35. The molecule has 0 radical (unpaired) electrons. The molecule has 2 aromatic heterocycles. The highest BCUT2D eigenvalue weighted by Gasteiger charge is 2.18. The first-order chi connectivity index (χ1) is 12.4. The number of benzene rings is 1. The molecular weight excluding hydrogens is 375 g/mol. The van der Waals surface area contributed by atoms with Crippen LogP contribution in [0.3, 0.4) is 0 Å². The molecule has 2 heterocycles. The van der Waals surface area contributed by atoms with Crippen LogP contribution in [-0.4, -0.2) is 15.5 Å². The molecule has 0 aliphatic heterocycles. The summed E-state index contributed by atoms with van der Waals surface area (Å²) in [4.78, 5) is 29.6. The highest BCUT2D eigenvalue weighted by atomic mass is 35.5. The van der Waals surface area contributed by atoms with Gasteiger partial charge in [0.1, 0.15) is 17.8 Å². The van der Waals surface area contributed by atoms with Crippen molar-refractivity contribution >= 4 is 40.2 Å². The molecule has 3 rings (SSSR count). The van der Waals surface area contributed by atoms with E-state index in [2.05, 4.69) is 4.98 Å². The van der Waals surface area contributed by atoms with Crippen LogP contribution >= 0.6 is 23.2 Å². The number of carbonyl (C=O) groups excluding carboxylic acids is 1. The van der Waals surface area contributed by atoms with E-state index in [1.54, 1.807) is 34.9 Å². The normalized spacial score (nSPS) is 10.9. The molecule has 0 unspecified atom stereocenters. The van der Waals surface area contributed by atoms with Crippen molar-refractivity contribution < 1.29 is 9.53 Å². The summed E-state index contributed by atoms with van der Waals surface area (Å²) in [5, 5.41) is 1.17. The number of rotatable bonds is 4. The lowest BCUT2D eigenvalue weighted by Crippen LogP contribution is -2.21. The van der Waals surface area contributed by atoms with Gasteiger partial charge in [-0.3, -0.25) is 4.79 Å². The van der Waals surface area contributed by atoms with Crippen LogP contribution in [0, 0.1) is 6.92 Å². The summed E-state index contributed by atoms with van der Waals surface area (Å²) in [6, 6.07) is 8.43. The maximum absolute atomic E-state index is 12.7. The van der Waals surface area contributed by atoms with Gasteiger partial charge >= 0.3 is 5.97 Å². The van der Waals surface area contributed by atoms with E-state index >= 15 is 0 Å². The molecule has 0 amide bonds. The Balaban J connectivity index is 1.97. The lowest BCUT2D eigenvalue weighted by molar-refractivity contribution is 0.0471. The molecule has 0 aliphatic rings. The number of pyridine rings is 2. The standard InChI is InChI=1S/C19H16Cl2N2O3/c1-3-23-9-13(17(24)12-8-7-11(2)22-18(12)23)19(25)26-10-14-15(20)5-4-6-16(14)21/h4-9H,3,10H2,1-2H3. The molecule has 3 aromatic rings. The molecule has 1 aromatic carbocycles. The van der Waals surface area contributed by atoms with Crippen LogP contribution < -0.4 is 5.43 Å². The minimum absolute atomic E-state index is 0.0480. The zero-order valence-corrected chi connectivity index (χ0v) is 15.8. The van der Waals surface area contributed by atoms with Gasteiger partial charge in [-0.05, 0) is 38.1 Å². The lowest BCUT2D eigenvalue weighted by Gasteiger charge is -2.12. The van der Waals surface area contributed by atoms with Crippen LogP contribution in [0.15, 0.2) is 41.3 Å². The van der Waals surface area contributed by atoms with Crippen LogP contribution in [0.2, 0.25) is 10.0 Å². The fourth-order valence-electron chi connectivity index (χ4n) is 2.63. The van der Waals surface area contributed by atoms with Crippen LogP contribution in [-0.2, 0) is 17.9 Å². The summed E-state index contributed by atoms with van der Waals surface area (Å²) in [7, 11) is 0. The van der Waals surface area contributed by atoms with Gasteiger partial charge in [-0.1, -0.05) is 29.3 Å². The van der Waals surface area contributed by atoms with Crippen molar-refractivity contribution in [1.29, 1.82) is 0 Å². The van der Waals surface area contributed by atoms with Crippen LogP contribution in [0.25, 0.3) is 11.0 Å². The van der Waals surface area contributed by atoms with E-state index in [0.717, 1.165) is 5.69 Å². The van der Waals surface area contributed by atoms with Crippen LogP contribution in [0.4, 0.5) is 0 Å². The van der Waals surface area contributed by atoms with E-state index in [1.807, 2.05) is 13.8 Å². The Morgan fingerprint density at radius 3 is 2.54 bits per heavy atom. The number of aryl methyl sites for hydroxylation is 2. The third kappa shape index (κ3) is 3.45. The van der Waals surface area contributed by atoms with Gasteiger partial charge in [0.05, 0.1) is 5.39 Å². The van der Waals surface area contributed by atoms with Gasteiger partial charge in [0.2, 0.25) is 5.43 Å². The van der Waals surface area contributed by atoms with Crippen molar-refractivity contribution in [3.8, 4) is 0 Å². The van der Waals surface area contributed by atoms with Gasteiger partial charge < -0.3 is 9.30 Å². The van der Waals surface area contributed by atoms with E-state index in [0.29, 0.717) is 33.2 Å². The minimum atomic E-state index is -0.726. The van der Waals surface area contributed by atoms with Crippen molar-refractivity contribution in [3.05, 3.63) is 73.6 Å². The lowest BCUT2D eigenvalue weighted by atomic mass is 10.2. The molecule has 0 atom stereocenters. The largest absolute Gasteiger partial charge is 0.457 e. The summed E-state index contributed by atoms with van der Waals surface area (Å²) in [6.07, 6.45) is 1.48. The number of ether oxygens (including phenoxy) is 1. The summed E-state index contributed by atoms with van der Waals surface area (Å²) in [6.45, 7) is 4.20. The van der Waals surface area contributed by atoms with Gasteiger partial charge in [-0.25, -0.2) is 9.78 Å². The Hall–Kier alpha value is -2.37. The molecule has 0 fully saturated rings.